The fourth-order valence-electron chi connectivity index (χ4n) is 3.46. The fourth-order valence-corrected chi connectivity index (χ4v) is 4.34. The van der Waals surface area contributed by atoms with Gasteiger partial charge in [0.25, 0.3) is 11.8 Å². The first-order valence-corrected chi connectivity index (χ1v) is 10.3. The van der Waals surface area contributed by atoms with Gasteiger partial charge in [0, 0.05) is 0 Å². The lowest BCUT2D eigenvalue weighted by Crippen LogP contribution is -2.46. The van der Waals surface area contributed by atoms with Gasteiger partial charge in [-0.15, -0.1) is 11.3 Å². The third-order valence-corrected chi connectivity index (χ3v) is 5.79. The molecule has 29 heavy (non-hydrogen) atoms. The highest BCUT2D eigenvalue weighted by Gasteiger charge is 2.43. The topological polar surface area (TPSA) is 76.6 Å². The van der Waals surface area contributed by atoms with E-state index in [0.29, 0.717) is 22.6 Å². The van der Waals surface area contributed by atoms with Gasteiger partial charge in [-0.25, -0.2) is 9.78 Å². The highest BCUT2D eigenvalue weighted by molar-refractivity contribution is 7.18. The van der Waals surface area contributed by atoms with E-state index in [1.54, 1.807) is 24.3 Å². The Bertz CT molecular complexity index is 1040. The summed E-state index contributed by atoms with van der Waals surface area (Å²) >= 11 is 1.45. The second kappa shape index (κ2) is 7.75. The van der Waals surface area contributed by atoms with Crippen LogP contribution < -0.4 is 0 Å². The average Bonchev–Trinajstić information content (AvgIpc) is 3.23. The molecule has 4 rings (SSSR count). The molecule has 3 aromatic rings. The number of fused-ring (bicyclic) bond motifs is 2. The molecule has 0 fully saturated rings. The van der Waals surface area contributed by atoms with Gasteiger partial charge in [-0.05, 0) is 36.6 Å². The molecule has 1 aromatic heterocycles. The van der Waals surface area contributed by atoms with Crippen molar-refractivity contribution in [1.82, 2.24) is 9.88 Å². The van der Waals surface area contributed by atoms with E-state index in [-0.39, 0.29) is 12.5 Å². The number of rotatable bonds is 6. The van der Waals surface area contributed by atoms with E-state index in [2.05, 4.69) is 4.98 Å². The van der Waals surface area contributed by atoms with Crippen LogP contribution in [-0.2, 0) is 16.1 Å². The molecule has 1 aliphatic rings. The zero-order valence-electron chi connectivity index (χ0n) is 16.1. The number of esters is 1. The normalized spacial score (nSPS) is 14.5. The number of carbonyl (C=O) groups is 3. The maximum Gasteiger partial charge on any atom is 0.329 e. The number of imide groups is 1. The molecule has 0 saturated heterocycles. The summed E-state index contributed by atoms with van der Waals surface area (Å²) in [7, 11) is 0. The third kappa shape index (κ3) is 3.65. The van der Waals surface area contributed by atoms with Gasteiger partial charge in [0.2, 0.25) is 0 Å². The number of nitrogens with zero attached hydrogens (tertiary/aromatic N) is 2. The van der Waals surface area contributed by atoms with Gasteiger partial charge in [0.15, 0.2) is 0 Å². The van der Waals surface area contributed by atoms with Crippen LogP contribution in [0.3, 0.4) is 0 Å². The molecular weight excluding hydrogens is 388 g/mol. The Morgan fingerprint density at radius 3 is 2.28 bits per heavy atom. The van der Waals surface area contributed by atoms with Crippen LogP contribution in [0, 0.1) is 5.92 Å². The number of benzene rings is 2. The SMILES string of the molecule is CC(C)C[C@H](C(=O)OCc1nc2ccccc2s1)N1C(=O)c2ccccc2C1=O. The zero-order valence-corrected chi connectivity index (χ0v) is 16.9. The van der Waals surface area contributed by atoms with Crippen LogP contribution in [0.5, 0.6) is 0 Å². The number of hydrogen-bond donors (Lipinski definition) is 0. The first-order valence-electron chi connectivity index (χ1n) is 9.43. The van der Waals surface area contributed by atoms with Crippen LogP contribution >= 0.6 is 11.3 Å². The number of hydrogen-bond acceptors (Lipinski definition) is 6. The van der Waals surface area contributed by atoms with Crippen LogP contribution in [0.15, 0.2) is 48.5 Å². The lowest BCUT2D eigenvalue weighted by Gasteiger charge is -2.25. The number of ether oxygens (including phenoxy) is 1. The van der Waals surface area contributed by atoms with Crippen molar-refractivity contribution in [2.24, 2.45) is 5.92 Å². The summed E-state index contributed by atoms with van der Waals surface area (Å²) in [5, 5.41) is 0.671. The maximum atomic E-state index is 12.9. The summed E-state index contributed by atoms with van der Waals surface area (Å²) in [4.78, 5) is 44.0. The van der Waals surface area contributed by atoms with Gasteiger partial charge in [-0.2, -0.15) is 0 Å². The van der Waals surface area contributed by atoms with Gasteiger partial charge in [0.05, 0.1) is 21.3 Å². The molecule has 0 unspecified atom stereocenters. The lowest BCUT2D eigenvalue weighted by molar-refractivity contribution is -0.150. The van der Waals surface area contributed by atoms with E-state index in [0.717, 1.165) is 15.1 Å². The van der Waals surface area contributed by atoms with Gasteiger partial charge in [-0.3, -0.25) is 14.5 Å². The van der Waals surface area contributed by atoms with E-state index >= 15 is 0 Å². The Morgan fingerprint density at radius 1 is 1.03 bits per heavy atom. The minimum atomic E-state index is -0.961. The van der Waals surface area contributed by atoms with Crippen molar-refractivity contribution in [2.75, 3.05) is 0 Å². The van der Waals surface area contributed by atoms with Crippen molar-refractivity contribution < 1.29 is 19.1 Å². The van der Waals surface area contributed by atoms with Crippen LogP contribution in [0.2, 0.25) is 0 Å². The quantitative estimate of drug-likeness (QED) is 0.454. The molecule has 148 valence electrons. The van der Waals surface area contributed by atoms with Gasteiger partial charge < -0.3 is 4.74 Å². The predicted molar refractivity (Wildman–Crippen MR) is 110 cm³/mol. The molecule has 2 aromatic carbocycles. The maximum absolute atomic E-state index is 12.9. The Kier molecular flexibility index (Phi) is 5.15. The molecule has 6 nitrogen and oxygen atoms in total. The first kappa shape index (κ1) is 19.3. The smallest absolute Gasteiger partial charge is 0.329 e. The average molecular weight is 408 g/mol. The van der Waals surface area contributed by atoms with Crippen molar-refractivity contribution >= 4 is 39.3 Å². The largest absolute Gasteiger partial charge is 0.457 e. The molecule has 1 atom stereocenters. The number of amides is 2. The van der Waals surface area contributed by atoms with Crippen LogP contribution in [0.1, 0.15) is 46.0 Å². The van der Waals surface area contributed by atoms with Crippen LogP contribution in [0.4, 0.5) is 0 Å². The molecule has 0 bridgehead atoms. The highest BCUT2D eigenvalue weighted by atomic mass is 32.1. The van der Waals surface area contributed by atoms with Crippen molar-refractivity contribution in [3.8, 4) is 0 Å². The molecule has 7 heteroatoms. The highest BCUT2D eigenvalue weighted by Crippen LogP contribution is 2.28. The monoisotopic (exact) mass is 408 g/mol. The van der Waals surface area contributed by atoms with Crippen LogP contribution in [-0.4, -0.2) is 33.7 Å². The first-order chi connectivity index (χ1) is 14.0. The van der Waals surface area contributed by atoms with Crippen molar-refractivity contribution in [2.45, 2.75) is 32.9 Å². The Balaban J connectivity index is 1.54. The number of para-hydroxylation sites is 1. The molecule has 2 amide bonds. The summed E-state index contributed by atoms with van der Waals surface area (Å²) in [5.74, 6) is -1.40. The summed E-state index contributed by atoms with van der Waals surface area (Å²) < 4.78 is 6.50. The second-order valence-corrected chi connectivity index (χ2v) is 8.47. The van der Waals surface area contributed by atoms with Crippen molar-refractivity contribution in [3.05, 3.63) is 64.7 Å². The summed E-state index contributed by atoms with van der Waals surface area (Å²) in [6, 6.07) is 13.3. The zero-order chi connectivity index (χ0) is 20.5. The molecule has 0 aliphatic carbocycles. The minimum Gasteiger partial charge on any atom is -0.457 e. The fraction of sp³-hybridized carbons (Fsp3) is 0.273. The van der Waals surface area contributed by atoms with E-state index in [1.165, 1.54) is 11.3 Å². The van der Waals surface area contributed by atoms with Gasteiger partial charge >= 0.3 is 5.97 Å². The lowest BCUT2D eigenvalue weighted by atomic mass is 10.0. The van der Waals surface area contributed by atoms with Crippen LogP contribution in [0.25, 0.3) is 10.2 Å². The van der Waals surface area contributed by atoms with E-state index < -0.39 is 23.8 Å². The summed E-state index contributed by atoms with van der Waals surface area (Å²) in [6.45, 7) is 3.88. The molecule has 0 N–H and O–H groups in total. The van der Waals surface area contributed by atoms with E-state index in [9.17, 15) is 14.4 Å². The number of aromatic nitrogens is 1. The second-order valence-electron chi connectivity index (χ2n) is 7.35. The summed E-state index contributed by atoms with van der Waals surface area (Å²) in [5.41, 5.74) is 1.50. The molecule has 0 saturated carbocycles. The van der Waals surface area contributed by atoms with Gasteiger partial charge in [-0.1, -0.05) is 38.1 Å². The van der Waals surface area contributed by atoms with E-state index in [4.69, 9.17) is 4.74 Å². The standard InChI is InChI=1S/C22H20N2O4S/c1-13(2)11-17(24-20(25)14-7-3-4-8-15(14)21(24)26)22(27)28-12-19-23-16-9-5-6-10-18(16)29-19/h3-10,13,17H,11-12H2,1-2H3/t17-/m1/s1. The third-order valence-electron chi connectivity index (χ3n) is 4.78. The van der Waals surface area contributed by atoms with Crippen molar-refractivity contribution in [1.29, 1.82) is 0 Å². The molecule has 2 heterocycles. The Morgan fingerprint density at radius 2 is 1.66 bits per heavy atom. The van der Waals surface area contributed by atoms with Gasteiger partial charge in [0.1, 0.15) is 17.7 Å². The number of carbonyl (C=O) groups excluding carboxylic acids is 3. The molecule has 0 spiro atoms. The predicted octanol–water partition coefficient (Wildman–Crippen LogP) is 4.05. The molecule has 0 radical (unpaired) electrons. The minimum absolute atomic E-state index is 0.00987. The summed E-state index contributed by atoms with van der Waals surface area (Å²) in [6.07, 6.45) is 0.337. The Hall–Kier alpha value is -3.06. The number of thiazole rings is 1. The molecule has 1 aliphatic heterocycles. The van der Waals surface area contributed by atoms with Crippen molar-refractivity contribution in [3.63, 3.8) is 0 Å². The Labute approximate surface area is 172 Å². The molecular formula is C22H20N2O4S. The van der Waals surface area contributed by atoms with E-state index in [1.807, 2.05) is 38.1 Å².